The van der Waals surface area contributed by atoms with Crippen LogP contribution in [0.2, 0.25) is 0 Å². The molecular formula is C21H15FN2O4. The second kappa shape index (κ2) is 7.11. The molecular weight excluding hydrogens is 363 g/mol. The van der Waals surface area contributed by atoms with Gasteiger partial charge >= 0.3 is 5.97 Å². The Balaban J connectivity index is 1.50. The summed E-state index contributed by atoms with van der Waals surface area (Å²) >= 11 is 0. The summed E-state index contributed by atoms with van der Waals surface area (Å²) in [7, 11) is 0. The number of fused-ring (bicyclic) bond motifs is 1. The SMILES string of the molecule is Cc1ccn2c(=O)cc(COC(=O)c3ccc(-c4ccc(F)cc4)o3)nc2c1. The summed E-state index contributed by atoms with van der Waals surface area (Å²) in [5.41, 5.74) is 2.17. The van der Waals surface area contributed by atoms with Crippen LogP contribution in [0, 0.1) is 12.7 Å². The van der Waals surface area contributed by atoms with Gasteiger partial charge in [0.25, 0.3) is 5.56 Å². The molecule has 0 aliphatic carbocycles. The van der Waals surface area contributed by atoms with Crippen LogP contribution in [0.1, 0.15) is 21.8 Å². The van der Waals surface area contributed by atoms with E-state index in [4.69, 9.17) is 9.15 Å². The maximum Gasteiger partial charge on any atom is 0.374 e. The van der Waals surface area contributed by atoms with Gasteiger partial charge in [0, 0.05) is 17.8 Å². The molecule has 0 fully saturated rings. The summed E-state index contributed by atoms with van der Waals surface area (Å²) in [6.07, 6.45) is 1.65. The number of rotatable bonds is 4. The van der Waals surface area contributed by atoms with Gasteiger partial charge in [0.05, 0.1) is 5.69 Å². The zero-order chi connectivity index (χ0) is 19.7. The van der Waals surface area contributed by atoms with Gasteiger partial charge in [0.2, 0.25) is 5.76 Å². The number of halogens is 1. The molecule has 0 atom stereocenters. The first-order valence-electron chi connectivity index (χ1n) is 8.51. The molecule has 6 nitrogen and oxygen atoms in total. The average molecular weight is 378 g/mol. The van der Waals surface area contributed by atoms with E-state index >= 15 is 0 Å². The predicted molar refractivity (Wildman–Crippen MR) is 99.4 cm³/mol. The number of esters is 1. The molecule has 0 N–H and O–H groups in total. The molecule has 4 aromatic rings. The van der Waals surface area contributed by atoms with E-state index in [-0.39, 0.29) is 23.7 Å². The lowest BCUT2D eigenvalue weighted by atomic mass is 10.2. The lowest BCUT2D eigenvalue weighted by Crippen LogP contribution is -2.16. The van der Waals surface area contributed by atoms with Gasteiger partial charge in [-0.25, -0.2) is 14.2 Å². The summed E-state index contributed by atoms with van der Waals surface area (Å²) in [6.45, 7) is 1.74. The Hall–Kier alpha value is -3.74. The van der Waals surface area contributed by atoms with Gasteiger partial charge in [0.1, 0.15) is 23.8 Å². The van der Waals surface area contributed by atoms with Crippen molar-refractivity contribution in [2.45, 2.75) is 13.5 Å². The van der Waals surface area contributed by atoms with E-state index in [1.807, 2.05) is 13.0 Å². The minimum absolute atomic E-state index is 0.00711. The van der Waals surface area contributed by atoms with Gasteiger partial charge in [-0.1, -0.05) is 0 Å². The third-order valence-corrected chi connectivity index (χ3v) is 4.16. The highest BCUT2D eigenvalue weighted by Gasteiger charge is 2.15. The molecule has 0 radical (unpaired) electrons. The Labute approximate surface area is 158 Å². The highest BCUT2D eigenvalue weighted by Crippen LogP contribution is 2.23. The van der Waals surface area contributed by atoms with Crippen molar-refractivity contribution in [1.82, 2.24) is 9.38 Å². The summed E-state index contributed by atoms with van der Waals surface area (Å²) in [5.74, 6) is -0.610. The third-order valence-electron chi connectivity index (χ3n) is 4.16. The fourth-order valence-electron chi connectivity index (χ4n) is 2.76. The van der Waals surface area contributed by atoms with E-state index in [2.05, 4.69) is 4.98 Å². The van der Waals surface area contributed by atoms with Crippen LogP contribution in [0.15, 0.2) is 70.0 Å². The Kier molecular flexibility index (Phi) is 4.49. The smallest absolute Gasteiger partial charge is 0.374 e. The number of carbonyl (C=O) groups excluding carboxylic acids is 1. The number of hydrogen-bond donors (Lipinski definition) is 0. The quantitative estimate of drug-likeness (QED) is 0.506. The number of carbonyl (C=O) groups is 1. The molecule has 0 spiro atoms. The maximum absolute atomic E-state index is 13.0. The summed E-state index contributed by atoms with van der Waals surface area (Å²) < 4.78 is 25.1. The molecule has 0 unspecified atom stereocenters. The van der Waals surface area contributed by atoms with E-state index < -0.39 is 5.97 Å². The largest absolute Gasteiger partial charge is 0.453 e. The van der Waals surface area contributed by atoms with Gasteiger partial charge in [-0.2, -0.15) is 0 Å². The van der Waals surface area contributed by atoms with Crippen LogP contribution in [0.3, 0.4) is 0 Å². The normalized spacial score (nSPS) is 10.9. The van der Waals surface area contributed by atoms with E-state index in [9.17, 15) is 14.0 Å². The summed E-state index contributed by atoms with van der Waals surface area (Å²) in [5, 5.41) is 0. The fourth-order valence-corrected chi connectivity index (χ4v) is 2.76. The molecule has 0 bridgehead atoms. The minimum atomic E-state index is -0.681. The van der Waals surface area contributed by atoms with Crippen molar-refractivity contribution < 1.29 is 18.3 Å². The van der Waals surface area contributed by atoms with Crippen molar-refractivity contribution in [3.8, 4) is 11.3 Å². The first kappa shape index (κ1) is 17.7. The van der Waals surface area contributed by atoms with Crippen molar-refractivity contribution in [1.29, 1.82) is 0 Å². The molecule has 0 aliphatic heterocycles. The van der Waals surface area contributed by atoms with Crippen LogP contribution in [-0.2, 0) is 11.3 Å². The number of aryl methyl sites for hydroxylation is 1. The molecule has 0 saturated heterocycles. The zero-order valence-electron chi connectivity index (χ0n) is 14.9. The molecule has 0 saturated carbocycles. The highest BCUT2D eigenvalue weighted by atomic mass is 19.1. The highest BCUT2D eigenvalue weighted by molar-refractivity contribution is 5.87. The van der Waals surface area contributed by atoms with Crippen molar-refractivity contribution in [3.63, 3.8) is 0 Å². The first-order valence-corrected chi connectivity index (χ1v) is 8.51. The molecule has 4 rings (SSSR count). The zero-order valence-corrected chi connectivity index (χ0v) is 14.9. The Morgan fingerprint density at radius 2 is 1.93 bits per heavy atom. The van der Waals surface area contributed by atoms with Crippen molar-refractivity contribution >= 4 is 11.6 Å². The van der Waals surface area contributed by atoms with Gasteiger partial charge in [0.15, 0.2) is 0 Å². The van der Waals surface area contributed by atoms with Gasteiger partial charge in [-0.05, 0) is 61.0 Å². The molecule has 140 valence electrons. The molecule has 7 heteroatoms. The third kappa shape index (κ3) is 3.55. The molecule has 1 aromatic carbocycles. The number of ether oxygens (including phenoxy) is 1. The average Bonchev–Trinajstić information content (AvgIpc) is 3.16. The lowest BCUT2D eigenvalue weighted by Gasteiger charge is -2.05. The molecule has 3 aromatic heterocycles. The Bertz CT molecular complexity index is 1230. The fraction of sp³-hybridized carbons (Fsp3) is 0.0952. The molecule has 0 amide bonds. The van der Waals surface area contributed by atoms with Crippen LogP contribution >= 0.6 is 0 Å². The van der Waals surface area contributed by atoms with Crippen LogP contribution in [0.5, 0.6) is 0 Å². The summed E-state index contributed by atoms with van der Waals surface area (Å²) in [4.78, 5) is 28.7. The van der Waals surface area contributed by atoms with Gasteiger partial charge in [-0.3, -0.25) is 9.20 Å². The number of hydrogen-bond acceptors (Lipinski definition) is 5. The van der Waals surface area contributed by atoms with Gasteiger partial charge < -0.3 is 9.15 Å². The van der Waals surface area contributed by atoms with E-state index in [1.165, 1.54) is 28.7 Å². The number of furan rings is 1. The van der Waals surface area contributed by atoms with Crippen LogP contribution in [0.4, 0.5) is 4.39 Å². The van der Waals surface area contributed by atoms with E-state index in [0.29, 0.717) is 22.7 Å². The molecule has 28 heavy (non-hydrogen) atoms. The van der Waals surface area contributed by atoms with Gasteiger partial charge in [-0.15, -0.1) is 0 Å². The van der Waals surface area contributed by atoms with Crippen molar-refractivity contribution in [2.24, 2.45) is 0 Å². The minimum Gasteiger partial charge on any atom is -0.453 e. The number of pyridine rings is 1. The monoisotopic (exact) mass is 378 g/mol. The van der Waals surface area contributed by atoms with Crippen molar-refractivity contribution in [3.05, 3.63) is 94.0 Å². The standard InChI is InChI=1S/C21H15FN2O4/c1-13-8-9-24-19(10-13)23-16(11-20(24)25)12-27-21(26)18-7-6-17(28-18)14-2-4-15(22)5-3-14/h2-11H,12H2,1H3. The van der Waals surface area contributed by atoms with Crippen LogP contribution < -0.4 is 5.56 Å². The van der Waals surface area contributed by atoms with E-state index in [1.54, 1.807) is 30.5 Å². The maximum atomic E-state index is 13.0. The number of nitrogens with zero attached hydrogens (tertiary/aromatic N) is 2. The molecule has 0 aliphatic rings. The second-order valence-corrected chi connectivity index (χ2v) is 6.26. The first-order chi connectivity index (χ1) is 13.5. The topological polar surface area (TPSA) is 73.8 Å². The molecule has 3 heterocycles. The van der Waals surface area contributed by atoms with Crippen LogP contribution in [-0.4, -0.2) is 15.4 Å². The van der Waals surface area contributed by atoms with Crippen molar-refractivity contribution in [2.75, 3.05) is 0 Å². The second-order valence-electron chi connectivity index (χ2n) is 6.26. The summed E-state index contributed by atoms with van der Waals surface area (Å²) in [6, 6.07) is 13.7. The Morgan fingerprint density at radius 3 is 2.71 bits per heavy atom. The lowest BCUT2D eigenvalue weighted by molar-refractivity contribution is 0.0432. The van der Waals surface area contributed by atoms with Crippen LogP contribution in [0.25, 0.3) is 17.0 Å². The number of benzene rings is 1. The predicted octanol–water partition coefficient (Wildman–Crippen LogP) is 3.76. The number of aromatic nitrogens is 2. The van der Waals surface area contributed by atoms with E-state index in [0.717, 1.165) is 5.56 Å². The Morgan fingerprint density at radius 1 is 1.14 bits per heavy atom.